The van der Waals surface area contributed by atoms with Crippen LogP contribution >= 0.6 is 23.2 Å². The lowest BCUT2D eigenvalue weighted by Crippen LogP contribution is -1.99. The van der Waals surface area contributed by atoms with Crippen molar-refractivity contribution in [2.75, 3.05) is 0 Å². The van der Waals surface area contributed by atoms with E-state index in [0.29, 0.717) is 10.0 Å². The van der Waals surface area contributed by atoms with E-state index in [0.717, 1.165) is 24.3 Å². The van der Waals surface area contributed by atoms with Gasteiger partial charge in [-0.2, -0.15) is 0 Å². The molecule has 0 bridgehead atoms. The second-order valence-corrected chi connectivity index (χ2v) is 5.05. The number of benzene rings is 1. The van der Waals surface area contributed by atoms with E-state index in [1.165, 1.54) is 12.8 Å². The Morgan fingerprint density at radius 3 is 2.73 bits per heavy atom. The summed E-state index contributed by atoms with van der Waals surface area (Å²) >= 11 is 11.9. The van der Waals surface area contributed by atoms with Crippen molar-refractivity contribution in [2.24, 2.45) is 5.92 Å². The predicted molar refractivity (Wildman–Crippen MR) is 63.4 cm³/mol. The van der Waals surface area contributed by atoms with Crippen LogP contribution in [-0.4, -0.2) is 5.11 Å². The Labute approximate surface area is 100 Å². The molecule has 0 radical (unpaired) electrons. The molecule has 1 N–H and O–H groups in total. The zero-order chi connectivity index (χ0) is 10.8. The highest BCUT2D eigenvalue weighted by atomic mass is 35.5. The molecular formula is C12H14Cl2O. The summed E-state index contributed by atoms with van der Waals surface area (Å²) in [7, 11) is 0. The molecule has 1 nitrogen and oxygen atoms in total. The minimum Gasteiger partial charge on any atom is -0.388 e. The van der Waals surface area contributed by atoms with E-state index >= 15 is 0 Å². The summed E-state index contributed by atoms with van der Waals surface area (Å²) in [5.41, 5.74) is 0.754. The van der Waals surface area contributed by atoms with Gasteiger partial charge in [0.2, 0.25) is 0 Å². The smallest absolute Gasteiger partial charge is 0.0805 e. The lowest BCUT2D eigenvalue weighted by Gasteiger charge is -2.12. The molecule has 1 fully saturated rings. The quantitative estimate of drug-likeness (QED) is 0.842. The van der Waals surface area contributed by atoms with E-state index in [9.17, 15) is 5.11 Å². The molecule has 0 heterocycles. The highest BCUT2D eigenvalue weighted by Crippen LogP contribution is 2.37. The van der Waals surface area contributed by atoms with Crippen LogP contribution in [0.5, 0.6) is 0 Å². The van der Waals surface area contributed by atoms with E-state index in [1.807, 2.05) is 0 Å². The Hall–Kier alpha value is -0.240. The van der Waals surface area contributed by atoms with Crippen molar-refractivity contribution < 1.29 is 5.11 Å². The Balaban J connectivity index is 2.02. The number of halogens is 2. The fourth-order valence-corrected chi connectivity index (χ4v) is 2.15. The predicted octanol–water partition coefficient (Wildman–Crippen LogP) is 4.22. The van der Waals surface area contributed by atoms with Crippen molar-refractivity contribution in [3.63, 3.8) is 0 Å². The van der Waals surface area contributed by atoms with Gasteiger partial charge in [0.1, 0.15) is 0 Å². The van der Waals surface area contributed by atoms with Crippen molar-refractivity contribution in [3.8, 4) is 0 Å². The van der Waals surface area contributed by atoms with Crippen LogP contribution in [0.25, 0.3) is 0 Å². The zero-order valence-electron chi connectivity index (χ0n) is 8.42. The standard InChI is InChI=1S/C12H14Cl2O/c13-9-4-5-11(14)10(7-9)12(15)6-3-8-1-2-8/h4-5,7-8,12,15H,1-3,6H2. The number of aliphatic hydroxyl groups is 1. The molecule has 1 aromatic rings. The minimum atomic E-state index is -0.475. The molecule has 0 spiro atoms. The number of hydrogen-bond acceptors (Lipinski definition) is 1. The summed E-state index contributed by atoms with van der Waals surface area (Å²) in [4.78, 5) is 0. The van der Waals surface area contributed by atoms with Crippen LogP contribution in [0.4, 0.5) is 0 Å². The van der Waals surface area contributed by atoms with Gasteiger partial charge in [0, 0.05) is 15.6 Å². The fourth-order valence-electron chi connectivity index (χ4n) is 1.73. The van der Waals surface area contributed by atoms with Gasteiger partial charge in [0.05, 0.1) is 6.10 Å². The average molecular weight is 245 g/mol. The molecule has 0 aliphatic heterocycles. The van der Waals surface area contributed by atoms with Gasteiger partial charge in [-0.05, 0) is 37.0 Å². The van der Waals surface area contributed by atoms with Crippen LogP contribution in [0.3, 0.4) is 0 Å². The lowest BCUT2D eigenvalue weighted by molar-refractivity contribution is 0.162. The molecule has 15 heavy (non-hydrogen) atoms. The molecule has 0 amide bonds. The maximum atomic E-state index is 9.96. The SMILES string of the molecule is OC(CCC1CC1)c1cc(Cl)ccc1Cl. The third-order valence-electron chi connectivity index (χ3n) is 2.86. The first-order chi connectivity index (χ1) is 7.16. The molecule has 0 saturated heterocycles. The topological polar surface area (TPSA) is 20.2 Å². The maximum absolute atomic E-state index is 9.96. The van der Waals surface area contributed by atoms with Crippen LogP contribution < -0.4 is 0 Å². The summed E-state index contributed by atoms with van der Waals surface area (Å²) in [5.74, 6) is 0.831. The van der Waals surface area contributed by atoms with Gasteiger partial charge >= 0.3 is 0 Å². The van der Waals surface area contributed by atoms with Crippen molar-refractivity contribution >= 4 is 23.2 Å². The summed E-state index contributed by atoms with van der Waals surface area (Å²) in [6.45, 7) is 0. The molecule has 1 atom stereocenters. The molecule has 0 aromatic heterocycles. The van der Waals surface area contributed by atoms with Crippen LogP contribution in [0, 0.1) is 5.92 Å². The molecule has 1 aromatic carbocycles. The number of rotatable bonds is 4. The lowest BCUT2D eigenvalue weighted by atomic mass is 10.0. The van der Waals surface area contributed by atoms with Gasteiger partial charge in [-0.25, -0.2) is 0 Å². The molecule has 1 saturated carbocycles. The van der Waals surface area contributed by atoms with Crippen LogP contribution in [-0.2, 0) is 0 Å². The molecule has 82 valence electrons. The Morgan fingerprint density at radius 2 is 2.07 bits per heavy atom. The van der Waals surface area contributed by atoms with Crippen LogP contribution in [0.1, 0.15) is 37.4 Å². The van der Waals surface area contributed by atoms with E-state index in [2.05, 4.69) is 0 Å². The van der Waals surface area contributed by atoms with Gasteiger partial charge in [-0.3, -0.25) is 0 Å². The second-order valence-electron chi connectivity index (χ2n) is 4.20. The molecule has 1 aliphatic carbocycles. The Bertz CT molecular complexity index is 347. The van der Waals surface area contributed by atoms with Crippen molar-refractivity contribution in [1.82, 2.24) is 0 Å². The summed E-state index contributed by atoms with van der Waals surface area (Å²) in [6.07, 6.45) is 4.03. The first-order valence-electron chi connectivity index (χ1n) is 5.30. The third-order valence-corrected chi connectivity index (χ3v) is 3.44. The Morgan fingerprint density at radius 1 is 1.33 bits per heavy atom. The maximum Gasteiger partial charge on any atom is 0.0805 e. The van der Waals surface area contributed by atoms with Gasteiger partial charge in [0.25, 0.3) is 0 Å². The van der Waals surface area contributed by atoms with Crippen LogP contribution in [0.2, 0.25) is 10.0 Å². The molecule has 1 unspecified atom stereocenters. The minimum absolute atomic E-state index is 0.475. The molecular weight excluding hydrogens is 231 g/mol. The summed E-state index contributed by atoms with van der Waals surface area (Å²) in [6, 6.07) is 5.22. The monoisotopic (exact) mass is 244 g/mol. The number of hydrogen-bond donors (Lipinski definition) is 1. The number of aliphatic hydroxyl groups excluding tert-OH is 1. The average Bonchev–Trinajstić information content (AvgIpc) is 3.02. The van der Waals surface area contributed by atoms with Crippen molar-refractivity contribution in [2.45, 2.75) is 31.8 Å². The second kappa shape index (κ2) is 4.73. The summed E-state index contributed by atoms with van der Waals surface area (Å²) in [5, 5.41) is 11.2. The first kappa shape index (κ1) is 11.3. The van der Waals surface area contributed by atoms with Crippen molar-refractivity contribution in [3.05, 3.63) is 33.8 Å². The van der Waals surface area contributed by atoms with Gasteiger partial charge in [0.15, 0.2) is 0 Å². The zero-order valence-corrected chi connectivity index (χ0v) is 9.93. The van der Waals surface area contributed by atoms with E-state index in [-0.39, 0.29) is 0 Å². The Kier molecular flexibility index (Phi) is 3.55. The molecule has 2 rings (SSSR count). The van der Waals surface area contributed by atoms with E-state index in [1.54, 1.807) is 18.2 Å². The molecule has 3 heteroatoms. The van der Waals surface area contributed by atoms with E-state index in [4.69, 9.17) is 23.2 Å². The third kappa shape index (κ3) is 3.10. The van der Waals surface area contributed by atoms with E-state index < -0.39 is 6.10 Å². The van der Waals surface area contributed by atoms with Gasteiger partial charge < -0.3 is 5.11 Å². The fraction of sp³-hybridized carbons (Fsp3) is 0.500. The largest absolute Gasteiger partial charge is 0.388 e. The normalized spacial score (nSPS) is 17.8. The van der Waals surface area contributed by atoms with Crippen molar-refractivity contribution in [1.29, 1.82) is 0 Å². The van der Waals surface area contributed by atoms with Gasteiger partial charge in [-0.1, -0.05) is 36.0 Å². The highest BCUT2D eigenvalue weighted by molar-refractivity contribution is 6.33. The van der Waals surface area contributed by atoms with Gasteiger partial charge in [-0.15, -0.1) is 0 Å². The summed E-state index contributed by atoms with van der Waals surface area (Å²) < 4.78 is 0. The first-order valence-corrected chi connectivity index (χ1v) is 6.05. The van der Waals surface area contributed by atoms with Crippen LogP contribution in [0.15, 0.2) is 18.2 Å². The molecule has 1 aliphatic rings. The highest BCUT2D eigenvalue weighted by Gasteiger charge is 2.23.